The number of nitrogens with zero attached hydrogens (tertiary/aromatic N) is 3. The average molecular weight is 254 g/mol. The second-order valence-electron chi connectivity index (χ2n) is 4.25. The second kappa shape index (κ2) is 5.57. The van der Waals surface area contributed by atoms with Crippen LogP contribution in [0.1, 0.15) is 15.4 Å². The lowest BCUT2D eigenvalue weighted by Crippen LogP contribution is -2.49. The van der Waals surface area contributed by atoms with E-state index in [0.717, 1.165) is 37.6 Å². The SMILES string of the molecule is Cc1cc(C(=O)N2CCN(CCN)CC2)ns1. The summed E-state index contributed by atoms with van der Waals surface area (Å²) >= 11 is 1.38. The highest BCUT2D eigenvalue weighted by Gasteiger charge is 2.22. The number of carbonyl (C=O) groups is 1. The maximum absolute atomic E-state index is 12.1. The predicted molar refractivity (Wildman–Crippen MR) is 68.2 cm³/mol. The van der Waals surface area contributed by atoms with E-state index in [9.17, 15) is 4.79 Å². The van der Waals surface area contributed by atoms with Crippen LogP contribution < -0.4 is 5.73 Å². The van der Waals surface area contributed by atoms with E-state index in [1.54, 1.807) is 0 Å². The van der Waals surface area contributed by atoms with Crippen molar-refractivity contribution < 1.29 is 4.79 Å². The van der Waals surface area contributed by atoms with E-state index in [2.05, 4.69) is 9.27 Å². The van der Waals surface area contributed by atoms with Crippen LogP contribution in [0.4, 0.5) is 0 Å². The molecule has 94 valence electrons. The minimum atomic E-state index is 0.0572. The zero-order valence-corrected chi connectivity index (χ0v) is 10.9. The molecule has 2 heterocycles. The molecule has 6 heteroatoms. The molecule has 2 rings (SSSR count). The van der Waals surface area contributed by atoms with E-state index in [1.807, 2.05) is 17.9 Å². The summed E-state index contributed by atoms with van der Waals surface area (Å²) in [6.45, 7) is 6.92. The Morgan fingerprint density at radius 1 is 1.47 bits per heavy atom. The highest BCUT2D eigenvalue weighted by molar-refractivity contribution is 7.05. The molecule has 1 saturated heterocycles. The van der Waals surface area contributed by atoms with Gasteiger partial charge in [-0.25, -0.2) is 0 Å². The summed E-state index contributed by atoms with van der Waals surface area (Å²) in [7, 11) is 0. The Balaban J connectivity index is 1.90. The number of amides is 1. The highest BCUT2D eigenvalue weighted by Crippen LogP contribution is 2.12. The standard InChI is InChI=1S/C11H18N4OS/c1-9-8-10(13-17-9)11(16)15-6-4-14(3-2-12)5-7-15/h8H,2-7,12H2,1H3. The second-order valence-corrected chi connectivity index (χ2v) is 5.25. The van der Waals surface area contributed by atoms with Crippen molar-refractivity contribution in [2.75, 3.05) is 39.3 Å². The van der Waals surface area contributed by atoms with Crippen molar-refractivity contribution in [3.63, 3.8) is 0 Å². The molecule has 1 aromatic rings. The molecule has 0 saturated carbocycles. The number of carbonyl (C=O) groups excluding carboxylic acids is 1. The zero-order chi connectivity index (χ0) is 12.3. The van der Waals surface area contributed by atoms with Crippen LogP contribution in [0.15, 0.2) is 6.07 Å². The van der Waals surface area contributed by atoms with E-state index < -0.39 is 0 Å². The molecule has 0 aromatic carbocycles. The first-order valence-corrected chi connectivity index (χ1v) is 6.63. The summed E-state index contributed by atoms with van der Waals surface area (Å²) in [5.74, 6) is 0.0572. The van der Waals surface area contributed by atoms with Crippen LogP contribution in [0.5, 0.6) is 0 Å². The highest BCUT2D eigenvalue weighted by atomic mass is 32.1. The van der Waals surface area contributed by atoms with Crippen LogP contribution in [0.2, 0.25) is 0 Å². The van der Waals surface area contributed by atoms with Gasteiger partial charge in [-0.3, -0.25) is 9.69 Å². The monoisotopic (exact) mass is 254 g/mol. The third-order valence-electron chi connectivity index (χ3n) is 2.95. The van der Waals surface area contributed by atoms with E-state index in [0.29, 0.717) is 12.2 Å². The maximum atomic E-state index is 12.1. The lowest BCUT2D eigenvalue weighted by molar-refractivity contribution is 0.0636. The van der Waals surface area contributed by atoms with Gasteiger partial charge in [-0.05, 0) is 24.5 Å². The Bertz CT molecular complexity index is 385. The summed E-state index contributed by atoms with van der Waals surface area (Å²) in [6, 6.07) is 1.86. The number of rotatable bonds is 3. The Hall–Kier alpha value is -0.980. The maximum Gasteiger partial charge on any atom is 0.273 e. The Morgan fingerprint density at radius 2 is 2.18 bits per heavy atom. The zero-order valence-electron chi connectivity index (χ0n) is 10.1. The Kier molecular flexibility index (Phi) is 4.09. The van der Waals surface area contributed by atoms with Crippen LogP contribution in [-0.2, 0) is 0 Å². The fraction of sp³-hybridized carbons (Fsp3) is 0.636. The molecule has 5 nitrogen and oxygen atoms in total. The molecule has 0 unspecified atom stereocenters. The van der Waals surface area contributed by atoms with Gasteiger partial charge in [0.05, 0.1) is 0 Å². The van der Waals surface area contributed by atoms with Gasteiger partial charge in [0.1, 0.15) is 5.69 Å². The topological polar surface area (TPSA) is 62.5 Å². The van der Waals surface area contributed by atoms with Crippen molar-refractivity contribution in [3.05, 3.63) is 16.6 Å². The lowest BCUT2D eigenvalue weighted by Gasteiger charge is -2.34. The first kappa shape index (κ1) is 12.5. The fourth-order valence-corrected chi connectivity index (χ4v) is 2.52. The third-order valence-corrected chi connectivity index (χ3v) is 3.65. The quantitative estimate of drug-likeness (QED) is 0.835. The normalized spacial score (nSPS) is 17.4. The molecule has 0 bridgehead atoms. The summed E-state index contributed by atoms with van der Waals surface area (Å²) in [5, 5.41) is 0. The van der Waals surface area contributed by atoms with Crippen LogP contribution in [0, 0.1) is 6.92 Å². The van der Waals surface area contributed by atoms with Gasteiger partial charge in [-0.1, -0.05) is 0 Å². The summed E-state index contributed by atoms with van der Waals surface area (Å²) in [4.78, 5) is 17.3. The van der Waals surface area contributed by atoms with Crippen LogP contribution in [0.3, 0.4) is 0 Å². The number of aromatic nitrogens is 1. The molecule has 1 aromatic heterocycles. The Labute approximate surface area is 105 Å². The number of hydrogen-bond acceptors (Lipinski definition) is 5. The van der Waals surface area contributed by atoms with Gasteiger partial charge in [0.25, 0.3) is 5.91 Å². The average Bonchev–Trinajstić information content (AvgIpc) is 2.76. The van der Waals surface area contributed by atoms with E-state index in [1.165, 1.54) is 11.5 Å². The molecule has 1 aliphatic rings. The van der Waals surface area contributed by atoms with Gasteiger partial charge in [0.2, 0.25) is 0 Å². The molecule has 1 amide bonds. The molecule has 0 spiro atoms. The number of nitrogens with two attached hydrogens (primary N) is 1. The van der Waals surface area contributed by atoms with Gasteiger partial charge in [0.15, 0.2) is 0 Å². The summed E-state index contributed by atoms with van der Waals surface area (Å²) in [6.07, 6.45) is 0. The van der Waals surface area contributed by atoms with Crippen molar-refractivity contribution in [2.24, 2.45) is 5.73 Å². The molecule has 1 fully saturated rings. The van der Waals surface area contributed by atoms with Gasteiger partial charge >= 0.3 is 0 Å². The van der Waals surface area contributed by atoms with E-state index in [-0.39, 0.29) is 5.91 Å². The molecule has 17 heavy (non-hydrogen) atoms. The number of piperazine rings is 1. The van der Waals surface area contributed by atoms with Gasteiger partial charge in [0, 0.05) is 44.1 Å². The molecule has 0 aliphatic carbocycles. The van der Waals surface area contributed by atoms with Crippen molar-refractivity contribution in [3.8, 4) is 0 Å². The fourth-order valence-electron chi connectivity index (χ4n) is 1.99. The minimum Gasteiger partial charge on any atom is -0.335 e. The summed E-state index contributed by atoms with van der Waals surface area (Å²) in [5.41, 5.74) is 6.10. The molecule has 0 radical (unpaired) electrons. The molecule has 1 aliphatic heterocycles. The van der Waals surface area contributed by atoms with E-state index >= 15 is 0 Å². The number of hydrogen-bond donors (Lipinski definition) is 1. The van der Waals surface area contributed by atoms with Crippen molar-refractivity contribution in [1.29, 1.82) is 0 Å². The lowest BCUT2D eigenvalue weighted by atomic mass is 10.2. The van der Waals surface area contributed by atoms with Gasteiger partial charge in [-0.15, -0.1) is 0 Å². The summed E-state index contributed by atoms with van der Waals surface area (Å²) < 4.78 is 4.16. The number of aryl methyl sites for hydroxylation is 1. The third kappa shape index (κ3) is 3.02. The predicted octanol–water partition coefficient (Wildman–Crippen LogP) is 0.168. The van der Waals surface area contributed by atoms with E-state index in [4.69, 9.17) is 5.73 Å². The van der Waals surface area contributed by atoms with Gasteiger partial charge in [-0.2, -0.15) is 4.37 Å². The minimum absolute atomic E-state index is 0.0572. The van der Waals surface area contributed by atoms with Crippen LogP contribution in [-0.4, -0.2) is 59.3 Å². The van der Waals surface area contributed by atoms with Crippen molar-refractivity contribution in [2.45, 2.75) is 6.92 Å². The first-order valence-electron chi connectivity index (χ1n) is 5.85. The van der Waals surface area contributed by atoms with Gasteiger partial charge < -0.3 is 10.6 Å². The Morgan fingerprint density at radius 3 is 2.71 bits per heavy atom. The first-order chi connectivity index (χ1) is 8.20. The smallest absolute Gasteiger partial charge is 0.273 e. The molecular weight excluding hydrogens is 236 g/mol. The van der Waals surface area contributed by atoms with Crippen LogP contribution in [0.25, 0.3) is 0 Å². The molecule has 2 N–H and O–H groups in total. The largest absolute Gasteiger partial charge is 0.335 e. The van der Waals surface area contributed by atoms with Crippen molar-refractivity contribution in [1.82, 2.24) is 14.2 Å². The van der Waals surface area contributed by atoms with Crippen LogP contribution >= 0.6 is 11.5 Å². The molecular formula is C11H18N4OS. The van der Waals surface area contributed by atoms with Crippen molar-refractivity contribution >= 4 is 17.4 Å². The molecule has 0 atom stereocenters.